The smallest absolute Gasteiger partial charge is 0.416 e. The molecule has 7 heteroatoms. The first-order chi connectivity index (χ1) is 13.3. The first-order valence-electron chi connectivity index (χ1n) is 9.13. The van der Waals surface area contributed by atoms with Gasteiger partial charge in [-0.25, -0.2) is 0 Å². The Morgan fingerprint density at radius 3 is 2.32 bits per heavy atom. The summed E-state index contributed by atoms with van der Waals surface area (Å²) in [4.78, 5) is 13.6. The maximum absolute atomic E-state index is 12.7. The number of hydrogen-bond acceptors (Lipinski definition) is 3. The molecule has 2 aromatic carbocycles. The first kappa shape index (κ1) is 21.8. The van der Waals surface area contributed by atoms with Gasteiger partial charge in [0.05, 0.1) is 12.1 Å². The molecule has 0 aliphatic rings. The van der Waals surface area contributed by atoms with Crippen molar-refractivity contribution in [3.63, 3.8) is 0 Å². The number of halogens is 3. The van der Waals surface area contributed by atoms with Crippen LogP contribution in [0, 0.1) is 0 Å². The summed E-state index contributed by atoms with van der Waals surface area (Å²) in [6, 6.07) is 14.2. The molecule has 0 saturated carbocycles. The van der Waals surface area contributed by atoms with Gasteiger partial charge in [-0.3, -0.25) is 9.69 Å². The first-order valence-corrected chi connectivity index (χ1v) is 9.13. The van der Waals surface area contributed by atoms with Gasteiger partial charge in [-0.05, 0) is 43.8 Å². The molecule has 2 aromatic rings. The van der Waals surface area contributed by atoms with Gasteiger partial charge in [0, 0.05) is 19.5 Å². The Bertz CT molecular complexity index is 734. The van der Waals surface area contributed by atoms with Crippen molar-refractivity contribution < 1.29 is 22.7 Å². The van der Waals surface area contributed by atoms with Gasteiger partial charge in [0.25, 0.3) is 0 Å². The minimum atomic E-state index is -4.38. The Morgan fingerprint density at radius 1 is 1.11 bits per heavy atom. The number of carbonyl (C=O) groups is 1. The van der Waals surface area contributed by atoms with Crippen LogP contribution in [0.5, 0.6) is 5.75 Å². The van der Waals surface area contributed by atoms with Crippen LogP contribution in [0.4, 0.5) is 13.2 Å². The van der Waals surface area contributed by atoms with Crippen LogP contribution in [0.3, 0.4) is 0 Å². The summed E-state index contributed by atoms with van der Waals surface area (Å²) in [6.07, 6.45) is -4.13. The molecule has 1 N–H and O–H groups in total. The normalized spacial score (nSPS) is 12.6. The van der Waals surface area contributed by atoms with Crippen molar-refractivity contribution >= 4 is 5.91 Å². The van der Waals surface area contributed by atoms with E-state index in [-0.39, 0.29) is 18.6 Å². The molecule has 0 saturated heterocycles. The summed E-state index contributed by atoms with van der Waals surface area (Å²) in [7, 11) is 1.84. The van der Waals surface area contributed by atoms with E-state index >= 15 is 0 Å². The van der Waals surface area contributed by atoms with Crippen LogP contribution in [0.2, 0.25) is 0 Å². The lowest BCUT2D eigenvalue weighted by atomic mass is 10.1. The summed E-state index contributed by atoms with van der Waals surface area (Å²) < 4.78 is 44.2. The number of nitrogens with one attached hydrogen (secondary N) is 1. The average molecular weight is 394 g/mol. The topological polar surface area (TPSA) is 41.6 Å². The van der Waals surface area contributed by atoms with Gasteiger partial charge < -0.3 is 10.1 Å². The van der Waals surface area contributed by atoms with Crippen LogP contribution in [0.15, 0.2) is 54.6 Å². The highest BCUT2D eigenvalue weighted by Gasteiger charge is 2.30. The van der Waals surface area contributed by atoms with Gasteiger partial charge in [0.2, 0.25) is 5.91 Å². The zero-order valence-electron chi connectivity index (χ0n) is 16.0. The molecule has 0 spiro atoms. The highest BCUT2D eigenvalue weighted by atomic mass is 19.4. The Balaban J connectivity index is 2.05. The summed E-state index contributed by atoms with van der Waals surface area (Å²) in [5.74, 6) is 0.318. The van der Waals surface area contributed by atoms with E-state index in [4.69, 9.17) is 4.74 Å². The molecule has 0 fully saturated rings. The monoisotopic (exact) mass is 394 g/mol. The van der Waals surface area contributed by atoms with Gasteiger partial charge in [-0.1, -0.05) is 30.3 Å². The fourth-order valence-electron chi connectivity index (χ4n) is 2.76. The molecule has 1 atom stereocenters. The third kappa shape index (κ3) is 6.88. The molecule has 2 rings (SSSR count). The molecule has 0 radical (unpaired) electrons. The Hall–Kier alpha value is -2.54. The summed E-state index contributed by atoms with van der Waals surface area (Å²) in [5, 5.41) is 2.75. The third-order valence-corrected chi connectivity index (χ3v) is 4.19. The van der Waals surface area contributed by atoms with E-state index in [1.807, 2.05) is 49.2 Å². The molecule has 28 heavy (non-hydrogen) atoms. The molecule has 0 aliphatic carbocycles. The van der Waals surface area contributed by atoms with Crippen molar-refractivity contribution in [3.8, 4) is 5.75 Å². The van der Waals surface area contributed by atoms with Crippen LogP contribution in [0.1, 0.15) is 30.6 Å². The minimum absolute atomic E-state index is 0.0510. The van der Waals surface area contributed by atoms with Gasteiger partial charge in [-0.2, -0.15) is 13.2 Å². The molecule has 1 unspecified atom stereocenters. The van der Waals surface area contributed by atoms with Crippen molar-refractivity contribution in [3.05, 3.63) is 65.7 Å². The molecule has 1 amide bonds. The van der Waals surface area contributed by atoms with E-state index in [9.17, 15) is 18.0 Å². The van der Waals surface area contributed by atoms with Crippen LogP contribution in [-0.2, 0) is 11.0 Å². The number of rotatable bonds is 9. The van der Waals surface area contributed by atoms with E-state index in [1.165, 1.54) is 12.1 Å². The van der Waals surface area contributed by atoms with E-state index < -0.39 is 11.7 Å². The Kier molecular flexibility index (Phi) is 7.87. The zero-order chi connectivity index (χ0) is 20.6. The molecular weight excluding hydrogens is 369 g/mol. The summed E-state index contributed by atoms with van der Waals surface area (Å²) in [5.41, 5.74) is 0.214. The second-order valence-electron chi connectivity index (χ2n) is 6.52. The van der Waals surface area contributed by atoms with E-state index in [0.717, 1.165) is 17.7 Å². The van der Waals surface area contributed by atoms with Crippen LogP contribution < -0.4 is 10.1 Å². The maximum atomic E-state index is 12.7. The maximum Gasteiger partial charge on any atom is 0.416 e. The molecule has 4 nitrogen and oxygen atoms in total. The van der Waals surface area contributed by atoms with Crippen LogP contribution >= 0.6 is 0 Å². The number of ether oxygens (including phenoxy) is 1. The van der Waals surface area contributed by atoms with Crippen LogP contribution in [0.25, 0.3) is 0 Å². The standard InChI is InChI=1S/C21H25F3N2O2/c1-3-25-20(27)15-26(2)14-13-19(16-7-5-4-6-8-16)28-18-11-9-17(10-12-18)21(22,23)24/h4-12,19H,3,13-15H2,1-2H3,(H,25,27). The van der Waals surface area contributed by atoms with Crippen LogP contribution in [-0.4, -0.2) is 37.5 Å². The molecule has 152 valence electrons. The lowest BCUT2D eigenvalue weighted by Gasteiger charge is -2.23. The van der Waals surface area contributed by atoms with E-state index in [1.54, 1.807) is 0 Å². The molecule has 0 heterocycles. The lowest BCUT2D eigenvalue weighted by Crippen LogP contribution is -2.36. The van der Waals surface area contributed by atoms with Crippen molar-refractivity contribution in [2.45, 2.75) is 25.6 Å². The number of benzene rings is 2. The van der Waals surface area contributed by atoms with Gasteiger partial charge in [0.15, 0.2) is 0 Å². The predicted octanol–water partition coefficient (Wildman–Crippen LogP) is 4.28. The zero-order valence-corrected chi connectivity index (χ0v) is 16.0. The second-order valence-corrected chi connectivity index (χ2v) is 6.52. The van der Waals surface area contributed by atoms with Crippen molar-refractivity contribution in [1.82, 2.24) is 10.2 Å². The van der Waals surface area contributed by atoms with E-state index in [0.29, 0.717) is 25.3 Å². The number of carbonyl (C=O) groups excluding carboxylic acids is 1. The second kappa shape index (κ2) is 10.1. The fourth-order valence-corrected chi connectivity index (χ4v) is 2.76. The Morgan fingerprint density at radius 2 is 1.75 bits per heavy atom. The molecular formula is C21H25F3N2O2. The summed E-state index contributed by atoms with van der Waals surface area (Å²) in [6.45, 7) is 3.31. The Labute approximate surface area is 163 Å². The van der Waals surface area contributed by atoms with Gasteiger partial charge >= 0.3 is 6.18 Å². The lowest BCUT2D eigenvalue weighted by molar-refractivity contribution is -0.137. The number of alkyl halides is 3. The van der Waals surface area contributed by atoms with Crippen molar-refractivity contribution in [1.29, 1.82) is 0 Å². The number of nitrogens with zero attached hydrogens (tertiary/aromatic N) is 1. The quantitative estimate of drug-likeness (QED) is 0.690. The van der Waals surface area contributed by atoms with E-state index in [2.05, 4.69) is 5.32 Å². The highest BCUT2D eigenvalue weighted by molar-refractivity contribution is 5.77. The number of likely N-dealkylation sites (N-methyl/N-ethyl adjacent to an activating group) is 2. The van der Waals surface area contributed by atoms with Gasteiger partial charge in [-0.15, -0.1) is 0 Å². The SMILES string of the molecule is CCNC(=O)CN(C)CCC(Oc1ccc(C(F)(F)F)cc1)c1ccccc1. The predicted molar refractivity (Wildman–Crippen MR) is 102 cm³/mol. The highest BCUT2D eigenvalue weighted by Crippen LogP contribution is 2.32. The molecule has 0 aliphatic heterocycles. The average Bonchev–Trinajstić information content (AvgIpc) is 2.65. The van der Waals surface area contributed by atoms with Gasteiger partial charge in [0.1, 0.15) is 11.9 Å². The van der Waals surface area contributed by atoms with Crippen molar-refractivity contribution in [2.24, 2.45) is 0 Å². The fraction of sp³-hybridized carbons (Fsp3) is 0.381. The van der Waals surface area contributed by atoms with Crippen molar-refractivity contribution in [2.75, 3.05) is 26.7 Å². The molecule has 0 aromatic heterocycles. The third-order valence-electron chi connectivity index (χ3n) is 4.19. The number of hydrogen-bond donors (Lipinski definition) is 1. The largest absolute Gasteiger partial charge is 0.486 e. The minimum Gasteiger partial charge on any atom is -0.486 e. The number of amides is 1. The summed E-state index contributed by atoms with van der Waals surface area (Å²) >= 11 is 0. The molecule has 0 bridgehead atoms.